The van der Waals surface area contributed by atoms with E-state index in [2.05, 4.69) is 56.2 Å². The molecule has 0 aliphatic carbocycles. The highest BCUT2D eigenvalue weighted by Gasteiger charge is 2.16. The second-order valence-electron chi connectivity index (χ2n) is 5.52. The molecule has 106 valence electrons. The fraction of sp³-hybridized carbons (Fsp3) is 0.375. The molecule has 1 aromatic heterocycles. The number of carbonyl (C=O) groups is 1. The lowest BCUT2D eigenvalue weighted by Gasteiger charge is -2.20. The molecule has 2 aromatic rings. The maximum atomic E-state index is 12.2. The van der Waals surface area contributed by atoms with Crippen LogP contribution in [-0.2, 0) is 0 Å². The third-order valence-electron chi connectivity index (χ3n) is 3.34. The van der Waals surface area contributed by atoms with E-state index in [-0.39, 0.29) is 6.03 Å². The van der Waals surface area contributed by atoms with Gasteiger partial charge in [0.1, 0.15) is 6.33 Å². The Labute approximate surface area is 119 Å². The van der Waals surface area contributed by atoms with Crippen LogP contribution in [0, 0.1) is 0 Å². The molecule has 1 N–H and O–H groups in total. The van der Waals surface area contributed by atoms with Crippen molar-refractivity contribution < 1.29 is 4.79 Å². The summed E-state index contributed by atoms with van der Waals surface area (Å²) in [6.45, 7) is 8.53. The van der Waals surface area contributed by atoms with Crippen molar-refractivity contribution in [2.75, 3.05) is 5.32 Å². The molecule has 0 atom stereocenters. The molecular formula is C16H21N3O. The van der Waals surface area contributed by atoms with E-state index in [4.69, 9.17) is 0 Å². The number of anilines is 1. The Morgan fingerprint density at radius 2 is 1.75 bits per heavy atom. The van der Waals surface area contributed by atoms with Crippen molar-refractivity contribution in [3.05, 3.63) is 48.0 Å². The lowest BCUT2D eigenvalue weighted by atomic mass is 9.93. The van der Waals surface area contributed by atoms with Crippen molar-refractivity contribution in [2.45, 2.75) is 39.5 Å². The summed E-state index contributed by atoms with van der Waals surface area (Å²) in [7, 11) is 0. The average Bonchev–Trinajstić information content (AvgIpc) is 2.92. The number of para-hydroxylation sites is 1. The van der Waals surface area contributed by atoms with Gasteiger partial charge in [0.25, 0.3) is 0 Å². The SMILES string of the molecule is CC(C)c1cccc(C(C)C)c1NC(=O)n1ccnc1. The molecule has 0 unspecified atom stereocenters. The number of imidazole rings is 1. The fourth-order valence-corrected chi connectivity index (χ4v) is 2.25. The third kappa shape index (κ3) is 2.90. The maximum absolute atomic E-state index is 12.2. The van der Waals surface area contributed by atoms with Gasteiger partial charge in [-0.3, -0.25) is 4.57 Å². The molecule has 1 aromatic carbocycles. The van der Waals surface area contributed by atoms with E-state index in [0.29, 0.717) is 11.8 Å². The maximum Gasteiger partial charge on any atom is 0.331 e. The van der Waals surface area contributed by atoms with E-state index >= 15 is 0 Å². The summed E-state index contributed by atoms with van der Waals surface area (Å²) in [6.07, 6.45) is 4.74. The summed E-state index contributed by atoms with van der Waals surface area (Å²) in [6, 6.07) is 6.01. The number of amides is 1. The monoisotopic (exact) mass is 271 g/mol. The summed E-state index contributed by atoms with van der Waals surface area (Å²) in [5.41, 5.74) is 3.24. The van der Waals surface area contributed by atoms with Gasteiger partial charge >= 0.3 is 6.03 Å². The van der Waals surface area contributed by atoms with Crippen molar-refractivity contribution in [3.8, 4) is 0 Å². The number of hydrogen-bond donors (Lipinski definition) is 1. The number of carbonyl (C=O) groups excluding carboxylic acids is 1. The Kier molecular flexibility index (Phi) is 4.23. The van der Waals surface area contributed by atoms with Gasteiger partial charge in [-0.05, 0) is 23.0 Å². The Morgan fingerprint density at radius 1 is 1.15 bits per heavy atom. The molecule has 0 fully saturated rings. The molecule has 0 saturated heterocycles. The highest BCUT2D eigenvalue weighted by Crippen LogP contribution is 2.32. The molecule has 0 aliphatic rings. The minimum absolute atomic E-state index is 0.183. The van der Waals surface area contributed by atoms with Gasteiger partial charge in [-0.2, -0.15) is 0 Å². The van der Waals surface area contributed by atoms with Crippen molar-refractivity contribution in [2.24, 2.45) is 0 Å². The smallest absolute Gasteiger partial charge is 0.307 e. The second kappa shape index (κ2) is 5.90. The van der Waals surface area contributed by atoms with Crippen LogP contribution >= 0.6 is 0 Å². The van der Waals surface area contributed by atoms with Gasteiger partial charge in [0.2, 0.25) is 0 Å². The van der Waals surface area contributed by atoms with Crippen LogP contribution in [0.15, 0.2) is 36.9 Å². The molecule has 0 aliphatic heterocycles. The quantitative estimate of drug-likeness (QED) is 0.909. The van der Waals surface area contributed by atoms with Gasteiger partial charge < -0.3 is 5.32 Å². The summed E-state index contributed by atoms with van der Waals surface area (Å²) in [5.74, 6) is 0.707. The Hall–Kier alpha value is -2.10. The number of aromatic nitrogens is 2. The predicted molar refractivity (Wildman–Crippen MR) is 81.3 cm³/mol. The van der Waals surface area contributed by atoms with Crippen molar-refractivity contribution >= 4 is 11.7 Å². The zero-order valence-corrected chi connectivity index (χ0v) is 12.4. The van der Waals surface area contributed by atoms with Crippen LogP contribution in [-0.4, -0.2) is 15.6 Å². The van der Waals surface area contributed by atoms with E-state index in [0.717, 1.165) is 16.8 Å². The Morgan fingerprint density at radius 3 is 2.20 bits per heavy atom. The van der Waals surface area contributed by atoms with Gasteiger partial charge in [-0.25, -0.2) is 9.78 Å². The molecular weight excluding hydrogens is 250 g/mol. The van der Waals surface area contributed by atoms with E-state index < -0.39 is 0 Å². The zero-order chi connectivity index (χ0) is 14.7. The zero-order valence-electron chi connectivity index (χ0n) is 12.4. The van der Waals surface area contributed by atoms with Crippen molar-refractivity contribution in [3.63, 3.8) is 0 Å². The topological polar surface area (TPSA) is 46.9 Å². The molecule has 4 heteroatoms. The Balaban J connectivity index is 2.40. The largest absolute Gasteiger partial charge is 0.331 e. The highest BCUT2D eigenvalue weighted by atomic mass is 16.2. The number of nitrogens with zero attached hydrogens (tertiary/aromatic N) is 2. The molecule has 0 radical (unpaired) electrons. The molecule has 1 amide bonds. The first-order valence-electron chi connectivity index (χ1n) is 6.92. The second-order valence-corrected chi connectivity index (χ2v) is 5.52. The van der Waals surface area contributed by atoms with Crippen LogP contribution in [0.1, 0.15) is 50.7 Å². The van der Waals surface area contributed by atoms with Gasteiger partial charge in [-0.1, -0.05) is 45.9 Å². The lowest BCUT2D eigenvalue weighted by Crippen LogP contribution is -2.20. The van der Waals surface area contributed by atoms with Crippen molar-refractivity contribution in [1.82, 2.24) is 9.55 Å². The standard InChI is InChI=1S/C16H21N3O/c1-11(2)13-6-5-7-14(12(3)4)15(13)18-16(20)19-9-8-17-10-19/h5-12H,1-4H3,(H,18,20). The van der Waals surface area contributed by atoms with Crippen LogP contribution in [0.25, 0.3) is 0 Å². The van der Waals surface area contributed by atoms with Crippen LogP contribution in [0.3, 0.4) is 0 Å². The number of benzene rings is 1. The number of nitrogens with one attached hydrogen (secondary N) is 1. The van der Waals surface area contributed by atoms with Crippen LogP contribution < -0.4 is 5.32 Å². The molecule has 2 rings (SSSR count). The minimum Gasteiger partial charge on any atom is -0.307 e. The summed E-state index contributed by atoms with van der Waals surface area (Å²) < 4.78 is 1.45. The van der Waals surface area contributed by atoms with Gasteiger partial charge in [-0.15, -0.1) is 0 Å². The van der Waals surface area contributed by atoms with E-state index in [1.54, 1.807) is 12.4 Å². The normalized spacial score (nSPS) is 11.1. The summed E-state index contributed by atoms with van der Waals surface area (Å²) in [4.78, 5) is 16.1. The molecule has 4 nitrogen and oxygen atoms in total. The first kappa shape index (κ1) is 14.3. The molecule has 20 heavy (non-hydrogen) atoms. The molecule has 0 bridgehead atoms. The van der Waals surface area contributed by atoms with Crippen LogP contribution in [0.4, 0.5) is 10.5 Å². The first-order chi connectivity index (χ1) is 9.50. The molecule has 0 spiro atoms. The lowest BCUT2D eigenvalue weighted by molar-refractivity contribution is 0.253. The molecule has 0 saturated carbocycles. The van der Waals surface area contributed by atoms with Crippen LogP contribution in [0.5, 0.6) is 0 Å². The van der Waals surface area contributed by atoms with Crippen LogP contribution in [0.2, 0.25) is 0 Å². The van der Waals surface area contributed by atoms with Crippen molar-refractivity contribution in [1.29, 1.82) is 0 Å². The molecule has 1 heterocycles. The van der Waals surface area contributed by atoms with Gasteiger partial charge in [0.05, 0.1) is 0 Å². The van der Waals surface area contributed by atoms with E-state index in [1.165, 1.54) is 10.9 Å². The first-order valence-corrected chi connectivity index (χ1v) is 6.92. The van der Waals surface area contributed by atoms with E-state index in [9.17, 15) is 4.79 Å². The minimum atomic E-state index is -0.183. The van der Waals surface area contributed by atoms with Gasteiger partial charge in [0.15, 0.2) is 0 Å². The Bertz CT molecular complexity index is 560. The fourth-order valence-electron chi connectivity index (χ4n) is 2.25. The number of hydrogen-bond acceptors (Lipinski definition) is 2. The summed E-state index contributed by atoms with van der Waals surface area (Å²) >= 11 is 0. The predicted octanol–water partition coefficient (Wildman–Crippen LogP) is 4.21. The highest BCUT2D eigenvalue weighted by molar-refractivity contribution is 5.92. The van der Waals surface area contributed by atoms with Gasteiger partial charge in [0, 0.05) is 18.1 Å². The third-order valence-corrected chi connectivity index (χ3v) is 3.34. The average molecular weight is 271 g/mol. The van der Waals surface area contributed by atoms with E-state index in [1.807, 2.05) is 0 Å². The number of rotatable bonds is 3. The summed E-state index contributed by atoms with van der Waals surface area (Å²) in [5, 5.41) is 3.03.